The smallest absolute Gasteiger partial charge is 0.255 e. The molecule has 1 atom stereocenters. The van der Waals surface area contributed by atoms with Gasteiger partial charge in [0.2, 0.25) is 0 Å². The van der Waals surface area contributed by atoms with Crippen LogP contribution in [0.1, 0.15) is 15.9 Å². The molecule has 0 aromatic heterocycles. The molecule has 84 valence electrons. The molecule has 2 N–H and O–H groups in total. The number of carbonyl (C=O) groups is 1. The fraction of sp³-hybridized carbons (Fsp3) is 0.417. The van der Waals surface area contributed by atoms with Gasteiger partial charge in [0.05, 0.1) is 11.3 Å². The zero-order valence-corrected chi connectivity index (χ0v) is 9.29. The van der Waals surface area contributed by atoms with Crippen LogP contribution >= 0.6 is 0 Å². The third kappa shape index (κ3) is 1.38. The molecule has 4 heteroatoms. The van der Waals surface area contributed by atoms with Crippen LogP contribution in [-0.2, 0) is 0 Å². The van der Waals surface area contributed by atoms with Crippen molar-refractivity contribution in [1.29, 1.82) is 0 Å². The number of hydrogen-bond donors (Lipinski definition) is 2. The van der Waals surface area contributed by atoms with Crippen LogP contribution in [0.3, 0.4) is 0 Å². The lowest BCUT2D eigenvalue weighted by atomic mass is 10.0. The van der Waals surface area contributed by atoms with Gasteiger partial charge in [-0.3, -0.25) is 4.79 Å². The van der Waals surface area contributed by atoms with Gasteiger partial charge in [-0.2, -0.15) is 0 Å². The van der Waals surface area contributed by atoms with Gasteiger partial charge in [0.15, 0.2) is 0 Å². The normalized spacial score (nSPS) is 23.4. The predicted molar refractivity (Wildman–Crippen MR) is 62.6 cm³/mol. The lowest BCUT2D eigenvalue weighted by Crippen LogP contribution is -2.62. The van der Waals surface area contributed by atoms with E-state index in [1.807, 2.05) is 12.1 Å². The van der Waals surface area contributed by atoms with Crippen LogP contribution in [0.2, 0.25) is 0 Å². The van der Waals surface area contributed by atoms with Gasteiger partial charge < -0.3 is 15.5 Å². The van der Waals surface area contributed by atoms with Gasteiger partial charge in [-0.1, -0.05) is 6.07 Å². The standard InChI is InChI=1S/C12H15N3O/c1-8-2-3-9-10(6-8)15-5-4-13-7-11(15)14-12(9)16/h2-3,6,11,13H,4-5,7H2,1H3,(H,14,16). The Balaban J connectivity index is 2.09. The Morgan fingerprint density at radius 3 is 3.19 bits per heavy atom. The van der Waals surface area contributed by atoms with Crippen LogP contribution in [0.25, 0.3) is 0 Å². The summed E-state index contributed by atoms with van der Waals surface area (Å²) in [7, 11) is 0. The molecule has 1 aromatic rings. The number of amides is 1. The maximum Gasteiger partial charge on any atom is 0.255 e. The van der Waals surface area contributed by atoms with Crippen LogP contribution in [-0.4, -0.2) is 31.7 Å². The van der Waals surface area contributed by atoms with Crippen molar-refractivity contribution >= 4 is 11.6 Å². The summed E-state index contributed by atoms with van der Waals surface area (Å²) in [5.41, 5.74) is 3.07. The summed E-state index contributed by atoms with van der Waals surface area (Å²) in [4.78, 5) is 14.2. The van der Waals surface area contributed by atoms with E-state index in [4.69, 9.17) is 0 Å². The van der Waals surface area contributed by atoms with Crippen molar-refractivity contribution in [2.45, 2.75) is 13.1 Å². The fourth-order valence-corrected chi connectivity index (χ4v) is 2.42. The van der Waals surface area contributed by atoms with E-state index in [0.29, 0.717) is 0 Å². The monoisotopic (exact) mass is 217 g/mol. The third-order valence-corrected chi connectivity index (χ3v) is 3.25. The largest absolute Gasteiger partial charge is 0.348 e. The highest BCUT2D eigenvalue weighted by atomic mass is 16.2. The molecule has 1 amide bonds. The van der Waals surface area contributed by atoms with E-state index in [1.165, 1.54) is 5.56 Å². The van der Waals surface area contributed by atoms with Crippen molar-refractivity contribution in [3.63, 3.8) is 0 Å². The zero-order chi connectivity index (χ0) is 11.1. The molecular weight excluding hydrogens is 202 g/mol. The summed E-state index contributed by atoms with van der Waals surface area (Å²) in [6, 6.07) is 6.01. The maximum atomic E-state index is 11.9. The molecule has 4 nitrogen and oxygen atoms in total. The van der Waals surface area contributed by atoms with Gasteiger partial charge in [-0.25, -0.2) is 0 Å². The lowest BCUT2D eigenvalue weighted by Gasteiger charge is -2.42. The van der Waals surface area contributed by atoms with Crippen molar-refractivity contribution < 1.29 is 4.79 Å². The SMILES string of the molecule is Cc1ccc2c(c1)N1CCNCC1NC2=O. The molecule has 0 radical (unpaired) electrons. The number of benzene rings is 1. The first-order chi connectivity index (χ1) is 7.75. The maximum absolute atomic E-state index is 11.9. The molecular formula is C12H15N3O. The third-order valence-electron chi connectivity index (χ3n) is 3.25. The van der Waals surface area contributed by atoms with E-state index >= 15 is 0 Å². The topological polar surface area (TPSA) is 44.4 Å². The predicted octanol–water partition coefficient (Wildman–Crippen LogP) is 0.474. The van der Waals surface area contributed by atoms with Crippen molar-refractivity contribution in [3.05, 3.63) is 29.3 Å². The Kier molecular flexibility index (Phi) is 2.11. The van der Waals surface area contributed by atoms with Crippen molar-refractivity contribution in [2.75, 3.05) is 24.5 Å². The first-order valence-electron chi connectivity index (χ1n) is 5.64. The van der Waals surface area contributed by atoms with Gasteiger partial charge in [0, 0.05) is 19.6 Å². The van der Waals surface area contributed by atoms with E-state index in [9.17, 15) is 4.79 Å². The van der Waals surface area contributed by atoms with Crippen molar-refractivity contribution in [3.8, 4) is 0 Å². The average molecular weight is 217 g/mol. The quantitative estimate of drug-likeness (QED) is 0.664. The fourth-order valence-electron chi connectivity index (χ4n) is 2.42. The second-order valence-electron chi connectivity index (χ2n) is 4.41. The number of hydrogen-bond acceptors (Lipinski definition) is 3. The number of fused-ring (bicyclic) bond motifs is 3. The minimum absolute atomic E-state index is 0.0416. The van der Waals surface area contributed by atoms with Crippen LogP contribution in [0.5, 0.6) is 0 Å². The summed E-state index contributed by atoms with van der Waals surface area (Å²) >= 11 is 0. The summed E-state index contributed by atoms with van der Waals surface area (Å²) in [5.74, 6) is 0.0416. The van der Waals surface area contributed by atoms with Crippen molar-refractivity contribution in [1.82, 2.24) is 10.6 Å². The van der Waals surface area contributed by atoms with Gasteiger partial charge in [-0.15, -0.1) is 0 Å². The highest BCUT2D eigenvalue weighted by molar-refractivity contribution is 6.02. The molecule has 2 aliphatic heterocycles. The second kappa shape index (κ2) is 3.49. The van der Waals surface area contributed by atoms with E-state index in [2.05, 4.69) is 28.5 Å². The molecule has 0 bridgehead atoms. The van der Waals surface area contributed by atoms with E-state index in [-0.39, 0.29) is 12.1 Å². The minimum Gasteiger partial charge on any atom is -0.348 e. The number of piperazine rings is 1. The number of aryl methyl sites for hydroxylation is 1. The van der Waals surface area contributed by atoms with E-state index in [1.54, 1.807) is 0 Å². The van der Waals surface area contributed by atoms with Gasteiger partial charge in [-0.05, 0) is 24.6 Å². The second-order valence-corrected chi connectivity index (χ2v) is 4.41. The lowest BCUT2D eigenvalue weighted by molar-refractivity contribution is 0.0923. The minimum atomic E-state index is 0.0416. The van der Waals surface area contributed by atoms with Gasteiger partial charge in [0.25, 0.3) is 5.91 Å². The highest BCUT2D eigenvalue weighted by Gasteiger charge is 2.31. The molecule has 2 aliphatic rings. The summed E-state index contributed by atoms with van der Waals surface area (Å²) < 4.78 is 0. The van der Waals surface area contributed by atoms with E-state index < -0.39 is 0 Å². The Bertz CT molecular complexity index is 444. The first-order valence-corrected chi connectivity index (χ1v) is 5.64. The summed E-state index contributed by atoms with van der Waals surface area (Å²) in [6.45, 7) is 4.80. The zero-order valence-electron chi connectivity index (χ0n) is 9.29. The number of nitrogens with zero attached hydrogens (tertiary/aromatic N) is 1. The number of anilines is 1. The van der Waals surface area contributed by atoms with Crippen LogP contribution in [0.15, 0.2) is 18.2 Å². The Labute approximate surface area is 94.6 Å². The average Bonchev–Trinajstić information content (AvgIpc) is 2.29. The first kappa shape index (κ1) is 9.66. The molecule has 1 fully saturated rings. The molecule has 0 saturated carbocycles. The van der Waals surface area contributed by atoms with Crippen molar-refractivity contribution in [2.24, 2.45) is 0 Å². The Hall–Kier alpha value is -1.55. The summed E-state index contributed by atoms with van der Waals surface area (Å²) in [6.07, 6.45) is 0.107. The van der Waals surface area contributed by atoms with Crippen LogP contribution in [0.4, 0.5) is 5.69 Å². The number of nitrogens with one attached hydrogen (secondary N) is 2. The molecule has 1 unspecified atom stereocenters. The highest BCUT2D eigenvalue weighted by Crippen LogP contribution is 2.27. The molecule has 1 saturated heterocycles. The van der Waals surface area contributed by atoms with Gasteiger partial charge >= 0.3 is 0 Å². The number of rotatable bonds is 0. The molecule has 0 aliphatic carbocycles. The molecule has 0 spiro atoms. The number of carbonyl (C=O) groups excluding carboxylic acids is 1. The Morgan fingerprint density at radius 2 is 2.31 bits per heavy atom. The molecule has 2 heterocycles. The molecule has 16 heavy (non-hydrogen) atoms. The van der Waals surface area contributed by atoms with Crippen LogP contribution in [0, 0.1) is 6.92 Å². The van der Waals surface area contributed by atoms with Crippen LogP contribution < -0.4 is 15.5 Å². The molecule has 1 aromatic carbocycles. The van der Waals surface area contributed by atoms with Gasteiger partial charge in [0.1, 0.15) is 6.17 Å². The summed E-state index contributed by atoms with van der Waals surface area (Å²) in [5, 5.41) is 6.31. The Morgan fingerprint density at radius 1 is 1.44 bits per heavy atom. The molecule has 3 rings (SSSR count). The van der Waals surface area contributed by atoms with E-state index in [0.717, 1.165) is 30.9 Å².